The number of nitrogens with one attached hydrogen (secondary N) is 1. The first-order valence-electron chi connectivity index (χ1n) is 6.52. The van der Waals surface area contributed by atoms with E-state index in [1.165, 1.54) is 0 Å². The van der Waals surface area contributed by atoms with E-state index in [9.17, 15) is 0 Å². The predicted octanol–water partition coefficient (Wildman–Crippen LogP) is 5.05. The molecular weight excluding hydrogens is 284 g/mol. The van der Waals surface area contributed by atoms with Crippen LogP contribution in [0.25, 0.3) is 11.3 Å². The summed E-state index contributed by atoms with van der Waals surface area (Å²) < 4.78 is 5.55. The molecule has 1 heterocycles. The largest absolute Gasteiger partial charge is 0.444 e. The molecule has 3 rings (SSSR count). The van der Waals surface area contributed by atoms with E-state index in [0.29, 0.717) is 5.22 Å². The number of anilines is 1. The highest BCUT2D eigenvalue weighted by Crippen LogP contribution is 2.27. The normalized spacial score (nSPS) is 10.9. The van der Waals surface area contributed by atoms with Crippen molar-refractivity contribution in [3.05, 3.63) is 77.5 Å². The van der Waals surface area contributed by atoms with E-state index >= 15 is 0 Å². The minimum atomic E-state index is 0.326. The number of rotatable bonds is 4. The molecule has 21 heavy (non-hydrogen) atoms. The van der Waals surface area contributed by atoms with Gasteiger partial charge in [0.25, 0.3) is 0 Å². The van der Waals surface area contributed by atoms with Gasteiger partial charge in [-0.3, -0.25) is 5.43 Å². The fraction of sp³-hybridized carbons (Fsp3) is 0. The zero-order chi connectivity index (χ0) is 14.5. The fourth-order valence-corrected chi connectivity index (χ4v) is 2.09. The Labute approximate surface area is 127 Å². The Balaban J connectivity index is 1.76. The average Bonchev–Trinajstić information content (AvgIpc) is 2.91. The Hall–Kier alpha value is -2.52. The first-order chi connectivity index (χ1) is 10.3. The van der Waals surface area contributed by atoms with Gasteiger partial charge in [0.2, 0.25) is 5.22 Å². The predicted molar refractivity (Wildman–Crippen MR) is 86.8 cm³/mol. The van der Waals surface area contributed by atoms with Crippen LogP contribution in [0.1, 0.15) is 5.56 Å². The van der Waals surface area contributed by atoms with Crippen molar-refractivity contribution in [2.45, 2.75) is 0 Å². The standard InChI is InChI=1S/C17H13ClN2O/c18-17-14(12-19-20-15-9-5-2-6-10-15)11-16(21-17)13-7-3-1-4-8-13/h1-12,20H/b19-12-. The van der Waals surface area contributed by atoms with E-state index in [0.717, 1.165) is 22.6 Å². The maximum Gasteiger partial charge on any atom is 0.202 e. The smallest absolute Gasteiger partial charge is 0.202 e. The Morgan fingerprint density at radius 2 is 1.62 bits per heavy atom. The molecule has 1 N–H and O–H groups in total. The molecule has 0 saturated heterocycles. The lowest BCUT2D eigenvalue weighted by Gasteiger charge is -1.97. The van der Waals surface area contributed by atoms with Crippen molar-refractivity contribution >= 4 is 23.5 Å². The first kappa shape index (κ1) is 13.5. The number of furan rings is 1. The molecule has 0 atom stereocenters. The Kier molecular flexibility index (Phi) is 4.03. The molecule has 4 heteroatoms. The molecule has 0 aliphatic rings. The third-order valence-electron chi connectivity index (χ3n) is 2.94. The second kappa shape index (κ2) is 6.29. The number of nitrogens with zero attached hydrogens (tertiary/aromatic N) is 1. The summed E-state index contributed by atoms with van der Waals surface area (Å²) in [5.41, 5.74) is 5.57. The molecule has 104 valence electrons. The molecule has 0 aliphatic heterocycles. The van der Waals surface area contributed by atoms with Gasteiger partial charge in [0.05, 0.1) is 17.5 Å². The second-order valence-corrected chi connectivity index (χ2v) is 4.79. The molecule has 0 aliphatic carbocycles. The average molecular weight is 297 g/mol. The van der Waals surface area contributed by atoms with Crippen LogP contribution in [0.3, 0.4) is 0 Å². The highest BCUT2D eigenvalue weighted by atomic mass is 35.5. The van der Waals surface area contributed by atoms with Gasteiger partial charge in [-0.2, -0.15) is 5.10 Å². The van der Waals surface area contributed by atoms with Gasteiger partial charge in [0.1, 0.15) is 5.76 Å². The van der Waals surface area contributed by atoms with Crippen molar-refractivity contribution < 1.29 is 4.42 Å². The number of hydrogen-bond acceptors (Lipinski definition) is 3. The van der Waals surface area contributed by atoms with Crippen molar-refractivity contribution in [2.24, 2.45) is 5.10 Å². The van der Waals surface area contributed by atoms with Crippen LogP contribution in [0.2, 0.25) is 5.22 Å². The van der Waals surface area contributed by atoms with Gasteiger partial charge < -0.3 is 4.42 Å². The molecule has 3 aromatic rings. The van der Waals surface area contributed by atoms with Gasteiger partial charge >= 0.3 is 0 Å². The summed E-state index contributed by atoms with van der Waals surface area (Å²) in [6, 6.07) is 21.4. The molecule has 0 unspecified atom stereocenters. The summed E-state index contributed by atoms with van der Waals surface area (Å²) in [5, 5.41) is 4.49. The minimum absolute atomic E-state index is 0.326. The zero-order valence-corrected chi connectivity index (χ0v) is 11.9. The van der Waals surface area contributed by atoms with Gasteiger partial charge in [0, 0.05) is 5.56 Å². The van der Waals surface area contributed by atoms with Crippen molar-refractivity contribution in [1.29, 1.82) is 0 Å². The molecule has 0 bridgehead atoms. The minimum Gasteiger partial charge on any atom is -0.444 e. The zero-order valence-electron chi connectivity index (χ0n) is 11.2. The summed E-state index contributed by atoms with van der Waals surface area (Å²) in [6.07, 6.45) is 1.64. The van der Waals surface area contributed by atoms with Crippen LogP contribution in [0.15, 0.2) is 76.2 Å². The summed E-state index contributed by atoms with van der Waals surface area (Å²) in [4.78, 5) is 0. The lowest BCUT2D eigenvalue weighted by atomic mass is 10.1. The summed E-state index contributed by atoms with van der Waals surface area (Å²) in [6.45, 7) is 0. The monoisotopic (exact) mass is 296 g/mol. The van der Waals surface area contributed by atoms with Crippen molar-refractivity contribution in [3.63, 3.8) is 0 Å². The van der Waals surface area contributed by atoms with Gasteiger partial charge in [-0.15, -0.1) is 0 Å². The van der Waals surface area contributed by atoms with Gasteiger partial charge in [-0.1, -0.05) is 48.5 Å². The van der Waals surface area contributed by atoms with Gasteiger partial charge in [-0.05, 0) is 29.8 Å². The molecule has 0 spiro atoms. The van der Waals surface area contributed by atoms with Crippen LogP contribution in [-0.4, -0.2) is 6.21 Å². The lowest BCUT2D eigenvalue weighted by molar-refractivity contribution is 0.584. The molecule has 0 radical (unpaired) electrons. The number of hydrogen-bond donors (Lipinski definition) is 1. The Morgan fingerprint density at radius 1 is 0.952 bits per heavy atom. The third kappa shape index (κ3) is 3.33. The number of hydrazone groups is 1. The third-order valence-corrected chi connectivity index (χ3v) is 3.24. The van der Waals surface area contributed by atoms with E-state index in [1.54, 1.807) is 6.21 Å². The van der Waals surface area contributed by atoms with Gasteiger partial charge in [0.15, 0.2) is 0 Å². The SMILES string of the molecule is Clc1oc(-c2ccccc2)cc1/C=N\Nc1ccccc1. The van der Waals surface area contributed by atoms with Crippen molar-refractivity contribution in [3.8, 4) is 11.3 Å². The van der Waals surface area contributed by atoms with Crippen LogP contribution in [0, 0.1) is 0 Å². The Bertz CT molecular complexity index is 736. The lowest BCUT2D eigenvalue weighted by Crippen LogP contribution is -1.89. The van der Waals surface area contributed by atoms with E-state index in [1.807, 2.05) is 66.7 Å². The van der Waals surface area contributed by atoms with Gasteiger partial charge in [-0.25, -0.2) is 0 Å². The summed E-state index contributed by atoms with van der Waals surface area (Å²) in [7, 11) is 0. The fourth-order valence-electron chi connectivity index (χ4n) is 1.90. The Morgan fingerprint density at radius 3 is 2.33 bits per heavy atom. The maximum atomic E-state index is 6.09. The van der Waals surface area contributed by atoms with Crippen LogP contribution in [0.4, 0.5) is 5.69 Å². The van der Waals surface area contributed by atoms with Crippen LogP contribution < -0.4 is 5.43 Å². The van der Waals surface area contributed by atoms with E-state index in [2.05, 4.69) is 10.5 Å². The van der Waals surface area contributed by atoms with E-state index in [4.69, 9.17) is 16.0 Å². The quantitative estimate of drug-likeness (QED) is 0.540. The first-order valence-corrected chi connectivity index (χ1v) is 6.89. The van der Waals surface area contributed by atoms with E-state index < -0.39 is 0 Å². The van der Waals surface area contributed by atoms with Crippen molar-refractivity contribution in [1.82, 2.24) is 0 Å². The van der Waals surface area contributed by atoms with Crippen molar-refractivity contribution in [2.75, 3.05) is 5.43 Å². The summed E-state index contributed by atoms with van der Waals surface area (Å²) >= 11 is 6.09. The topological polar surface area (TPSA) is 37.5 Å². The van der Waals surface area contributed by atoms with E-state index in [-0.39, 0.29) is 0 Å². The van der Waals surface area contributed by atoms with Crippen LogP contribution in [0.5, 0.6) is 0 Å². The highest BCUT2D eigenvalue weighted by Gasteiger charge is 2.08. The molecule has 0 saturated carbocycles. The van der Waals surface area contributed by atoms with Crippen LogP contribution >= 0.6 is 11.6 Å². The number of benzene rings is 2. The highest BCUT2D eigenvalue weighted by molar-refractivity contribution is 6.31. The summed E-state index contributed by atoms with van der Waals surface area (Å²) in [5.74, 6) is 0.724. The molecule has 0 amide bonds. The molecule has 3 nitrogen and oxygen atoms in total. The molecular formula is C17H13ClN2O. The van der Waals surface area contributed by atoms with Crippen LogP contribution in [-0.2, 0) is 0 Å². The second-order valence-electron chi connectivity index (χ2n) is 4.44. The maximum absolute atomic E-state index is 6.09. The number of halogens is 1. The number of para-hydroxylation sites is 1. The molecule has 0 fully saturated rings. The molecule has 2 aromatic carbocycles. The molecule has 1 aromatic heterocycles.